The molecule has 0 saturated carbocycles. The van der Waals surface area contributed by atoms with Crippen LogP contribution in [-0.4, -0.2) is 40.5 Å². The lowest BCUT2D eigenvalue weighted by Gasteiger charge is -2.36. The molecule has 1 aliphatic rings. The molecule has 1 aromatic heterocycles. The summed E-state index contributed by atoms with van der Waals surface area (Å²) in [6, 6.07) is 5.34. The van der Waals surface area contributed by atoms with Gasteiger partial charge in [-0.05, 0) is 50.8 Å². The van der Waals surface area contributed by atoms with Crippen LogP contribution in [-0.2, 0) is 9.53 Å². The van der Waals surface area contributed by atoms with E-state index in [1.165, 1.54) is 11.3 Å². The van der Waals surface area contributed by atoms with Gasteiger partial charge in [-0.15, -0.1) is 0 Å². The molecule has 0 spiro atoms. The number of thiazole rings is 1. The number of ether oxygens (including phenoxy) is 1. The van der Waals surface area contributed by atoms with Crippen LogP contribution < -0.4 is 5.73 Å². The molecule has 7 heteroatoms. The van der Waals surface area contributed by atoms with Crippen molar-refractivity contribution in [1.82, 2.24) is 9.88 Å². The van der Waals surface area contributed by atoms with Gasteiger partial charge in [0.15, 0.2) is 11.2 Å². The summed E-state index contributed by atoms with van der Waals surface area (Å²) in [6.07, 6.45) is 3.31. The third-order valence-corrected chi connectivity index (χ3v) is 5.50. The number of likely N-dealkylation sites (tertiary alicyclic amines) is 1. The zero-order valence-electron chi connectivity index (χ0n) is 14.5. The van der Waals surface area contributed by atoms with E-state index in [4.69, 9.17) is 10.5 Å². The molecular weight excluding hydrogens is 338 g/mol. The number of carbonyl (C=O) groups excluding carboxylic acids is 2. The van der Waals surface area contributed by atoms with Gasteiger partial charge in [0.2, 0.25) is 0 Å². The van der Waals surface area contributed by atoms with Crippen LogP contribution in [0.1, 0.15) is 49.9 Å². The molecule has 0 radical (unpaired) electrons. The summed E-state index contributed by atoms with van der Waals surface area (Å²) in [5, 5.41) is 0.458. The molecule has 1 fully saturated rings. The SMILES string of the molecule is CC[C@@H]1CCCCN1C(=O)[C@H](C)OC(=O)c1ccc2nc(N)sc2c1. The molecular formula is C18H23N3O3S. The molecule has 25 heavy (non-hydrogen) atoms. The Hall–Kier alpha value is -2.15. The number of anilines is 1. The Labute approximate surface area is 151 Å². The summed E-state index contributed by atoms with van der Waals surface area (Å²) in [6.45, 7) is 4.47. The van der Waals surface area contributed by atoms with Crippen molar-refractivity contribution in [3.8, 4) is 0 Å². The van der Waals surface area contributed by atoms with Gasteiger partial charge in [0.1, 0.15) is 0 Å². The number of hydrogen-bond acceptors (Lipinski definition) is 6. The lowest BCUT2D eigenvalue weighted by atomic mass is 9.99. The maximum atomic E-state index is 12.7. The van der Waals surface area contributed by atoms with E-state index in [9.17, 15) is 9.59 Å². The quantitative estimate of drug-likeness (QED) is 0.845. The molecule has 6 nitrogen and oxygen atoms in total. The van der Waals surface area contributed by atoms with Crippen LogP contribution in [0.4, 0.5) is 5.13 Å². The Morgan fingerprint density at radius 3 is 3.00 bits per heavy atom. The van der Waals surface area contributed by atoms with Gasteiger partial charge in [-0.25, -0.2) is 9.78 Å². The summed E-state index contributed by atoms with van der Waals surface area (Å²) >= 11 is 1.32. The number of esters is 1. The molecule has 1 aromatic carbocycles. The fourth-order valence-electron chi connectivity index (χ4n) is 3.30. The summed E-state index contributed by atoms with van der Waals surface area (Å²) in [7, 11) is 0. The van der Waals surface area contributed by atoms with E-state index in [0.717, 1.165) is 42.4 Å². The van der Waals surface area contributed by atoms with E-state index < -0.39 is 12.1 Å². The van der Waals surface area contributed by atoms with E-state index >= 15 is 0 Å². The molecule has 1 saturated heterocycles. The molecule has 2 N–H and O–H groups in total. The van der Waals surface area contributed by atoms with Crippen molar-refractivity contribution in [3.63, 3.8) is 0 Å². The van der Waals surface area contributed by atoms with Crippen molar-refractivity contribution in [2.75, 3.05) is 12.3 Å². The van der Waals surface area contributed by atoms with Gasteiger partial charge in [-0.2, -0.15) is 0 Å². The molecule has 3 rings (SSSR count). The van der Waals surface area contributed by atoms with Crippen molar-refractivity contribution < 1.29 is 14.3 Å². The predicted octanol–water partition coefficient (Wildman–Crippen LogP) is 3.21. The number of nitrogens with zero attached hydrogens (tertiary/aromatic N) is 2. The van der Waals surface area contributed by atoms with Gasteiger partial charge in [-0.1, -0.05) is 18.3 Å². The number of piperidine rings is 1. The Morgan fingerprint density at radius 2 is 2.24 bits per heavy atom. The van der Waals surface area contributed by atoms with Crippen LogP contribution in [0.25, 0.3) is 10.2 Å². The average Bonchev–Trinajstić information content (AvgIpc) is 2.99. The fourth-order valence-corrected chi connectivity index (χ4v) is 4.07. The topological polar surface area (TPSA) is 85.5 Å². The highest BCUT2D eigenvalue weighted by molar-refractivity contribution is 7.22. The second kappa shape index (κ2) is 7.39. The number of fused-ring (bicyclic) bond motifs is 1. The highest BCUT2D eigenvalue weighted by atomic mass is 32.1. The Balaban J connectivity index is 1.69. The Kier molecular flexibility index (Phi) is 5.22. The van der Waals surface area contributed by atoms with Crippen molar-refractivity contribution >= 4 is 38.6 Å². The number of amides is 1. The molecule has 0 aliphatic carbocycles. The number of rotatable bonds is 4. The number of nitrogens with two attached hydrogens (primary N) is 1. The first kappa shape index (κ1) is 17.7. The molecule has 134 valence electrons. The van der Waals surface area contributed by atoms with Crippen molar-refractivity contribution in [3.05, 3.63) is 23.8 Å². The van der Waals surface area contributed by atoms with Crippen LogP contribution in [0.3, 0.4) is 0 Å². The lowest BCUT2D eigenvalue weighted by molar-refractivity contribution is -0.143. The minimum atomic E-state index is -0.790. The molecule has 2 atom stereocenters. The zero-order chi connectivity index (χ0) is 18.0. The number of benzene rings is 1. The molecule has 0 unspecified atom stereocenters. The zero-order valence-corrected chi connectivity index (χ0v) is 15.3. The van der Waals surface area contributed by atoms with Crippen molar-refractivity contribution in [2.45, 2.75) is 51.7 Å². The fraction of sp³-hybridized carbons (Fsp3) is 0.500. The first-order valence-corrected chi connectivity index (χ1v) is 9.48. The van der Waals surface area contributed by atoms with Gasteiger partial charge >= 0.3 is 5.97 Å². The van der Waals surface area contributed by atoms with Crippen molar-refractivity contribution in [1.29, 1.82) is 0 Å². The van der Waals surface area contributed by atoms with E-state index in [0.29, 0.717) is 10.7 Å². The molecule has 1 aliphatic heterocycles. The number of nitrogen functional groups attached to an aromatic ring is 1. The smallest absolute Gasteiger partial charge is 0.338 e. The van der Waals surface area contributed by atoms with E-state index in [1.54, 1.807) is 25.1 Å². The van der Waals surface area contributed by atoms with Gasteiger partial charge in [0, 0.05) is 12.6 Å². The predicted molar refractivity (Wildman–Crippen MR) is 98.6 cm³/mol. The molecule has 2 aromatic rings. The monoisotopic (exact) mass is 361 g/mol. The molecule has 0 bridgehead atoms. The lowest BCUT2D eigenvalue weighted by Crippen LogP contribution is -2.48. The van der Waals surface area contributed by atoms with E-state index in [-0.39, 0.29) is 11.9 Å². The Morgan fingerprint density at radius 1 is 1.44 bits per heavy atom. The Bertz CT molecular complexity index is 789. The van der Waals surface area contributed by atoms with Crippen LogP contribution in [0.5, 0.6) is 0 Å². The second-order valence-electron chi connectivity index (χ2n) is 6.37. The maximum Gasteiger partial charge on any atom is 0.338 e. The minimum absolute atomic E-state index is 0.108. The number of carbonyl (C=O) groups is 2. The first-order valence-electron chi connectivity index (χ1n) is 8.67. The number of aromatic nitrogens is 1. The highest BCUT2D eigenvalue weighted by Crippen LogP contribution is 2.25. The van der Waals surface area contributed by atoms with Crippen LogP contribution in [0.2, 0.25) is 0 Å². The van der Waals surface area contributed by atoms with Crippen LogP contribution in [0, 0.1) is 0 Å². The standard InChI is InChI=1S/C18H23N3O3S/c1-3-13-6-4-5-9-21(13)16(22)11(2)24-17(23)12-7-8-14-15(10-12)25-18(19)20-14/h7-8,10-11,13H,3-6,9H2,1-2H3,(H2,19,20)/t11-,13+/m0/s1. The van der Waals surface area contributed by atoms with Gasteiger partial charge in [-0.3, -0.25) is 4.79 Å². The van der Waals surface area contributed by atoms with E-state index in [1.807, 2.05) is 4.90 Å². The van der Waals surface area contributed by atoms with Crippen molar-refractivity contribution in [2.24, 2.45) is 0 Å². The summed E-state index contributed by atoms with van der Waals surface area (Å²) in [5.74, 6) is -0.609. The first-order chi connectivity index (χ1) is 12.0. The minimum Gasteiger partial charge on any atom is -0.449 e. The summed E-state index contributed by atoms with van der Waals surface area (Å²) in [4.78, 5) is 31.1. The van der Waals surface area contributed by atoms with E-state index in [2.05, 4.69) is 11.9 Å². The highest BCUT2D eigenvalue weighted by Gasteiger charge is 2.30. The largest absolute Gasteiger partial charge is 0.449 e. The summed E-state index contributed by atoms with van der Waals surface area (Å²) in [5.41, 5.74) is 6.84. The normalized spacial score (nSPS) is 19.0. The van der Waals surface area contributed by atoms with Gasteiger partial charge in [0.05, 0.1) is 15.8 Å². The summed E-state index contributed by atoms with van der Waals surface area (Å²) < 4.78 is 6.25. The van der Waals surface area contributed by atoms with Crippen LogP contribution in [0.15, 0.2) is 18.2 Å². The third-order valence-electron chi connectivity index (χ3n) is 4.65. The van der Waals surface area contributed by atoms with Crippen LogP contribution >= 0.6 is 11.3 Å². The van der Waals surface area contributed by atoms with Gasteiger partial charge < -0.3 is 15.4 Å². The average molecular weight is 361 g/mol. The third kappa shape index (κ3) is 3.76. The second-order valence-corrected chi connectivity index (χ2v) is 7.43. The molecule has 2 heterocycles. The number of hydrogen-bond donors (Lipinski definition) is 1. The maximum absolute atomic E-state index is 12.7. The van der Waals surface area contributed by atoms with Gasteiger partial charge in [0.25, 0.3) is 5.91 Å². The molecule has 1 amide bonds.